The number of aromatic nitrogens is 2. The van der Waals surface area contributed by atoms with Crippen LogP contribution < -0.4 is 0 Å². The Morgan fingerprint density at radius 3 is 2.71 bits per heavy atom. The Kier molecular flexibility index (Phi) is 4.12. The molecule has 0 radical (unpaired) electrons. The van der Waals surface area contributed by atoms with Gasteiger partial charge in [0, 0.05) is 8.59 Å². The second kappa shape index (κ2) is 5.74. The Hall–Kier alpha value is -0.850. The van der Waals surface area contributed by atoms with Gasteiger partial charge in [-0.15, -0.1) is 11.6 Å². The third kappa shape index (κ3) is 2.76. The predicted octanol–water partition coefficient (Wildman–Crippen LogP) is 5.72. The Morgan fingerprint density at radius 2 is 2.00 bits per heavy atom. The van der Waals surface area contributed by atoms with Gasteiger partial charge in [-0.3, -0.25) is 4.57 Å². The van der Waals surface area contributed by atoms with Crippen molar-refractivity contribution >= 4 is 56.8 Å². The maximum absolute atomic E-state index is 14.2. The first-order chi connectivity index (χ1) is 9.97. The van der Waals surface area contributed by atoms with Crippen LogP contribution in [-0.2, 0) is 0 Å². The van der Waals surface area contributed by atoms with E-state index in [1.165, 1.54) is 12.1 Å². The topological polar surface area (TPSA) is 17.8 Å². The Balaban J connectivity index is 2.39. The number of fused-ring (bicyclic) bond motifs is 1. The number of rotatable bonds is 2. The zero-order valence-corrected chi connectivity index (χ0v) is 14.6. The molecule has 2 aromatic carbocycles. The molecule has 1 unspecified atom stereocenters. The van der Waals surface area contributed by atoms with E-state index >= 15 is 0 Å². The summed E-state index contributed by atoms with van der Waals surface area (Å²) < 4.78 is 17.0. The van der Waals surface area contributed by atoms with E-state index in [9.17, 15) is 4.39 Å². The second-order valence-corrected chi connectivity index (χ2v) is 6.99. The molecule has 1 heterocycles. The summed E-state index contributed by atoms with van der Waals surface area (Å²) in [5.74, 6) is 0.227. The average molecular weight is 435 g/mol. The number of halogens is 4. The van der Waals surface area contributed by atoms with Crippen molar-refractivity contribution < 1.29 is 4.39 Å². The lowest BCUT2D eigenvalue weighted by Crippen LogP contribution is -2.04. The molecule has 0 aliphatic rings. The van der Waals surface area contributed by atoms with E-state index in [1.54, 1.807) is 10.6 Å². The maximum Gasteiger partial charge on any atom is 0.147 e. The minimum absolute atomic E-state index is 0.353. The van der Waals surface area contributed by atoms with Crippen molar-refractivity contribution in [2.75, 3.05) is 0 Å². The van der Waals surface area contributed by atoms with Crippen LogP contribution in [0, 0.1) is 9.39 Å². The number of nitrogens with zero attached hydrogens (tertiary/aromatic N) is 2. The van der Waals surface area contributed by atoms with Gasteiger partial charge in [0.05, 0.1) is 22.1 Å². The largest absolute Gasteiger partial charge is 0.292 e. The van der Waals surface area contributed by atoms with Gasteiger partial charge in [0.2, 0.25) is 0 Å². The first-order valence-corrected chi connectivity index (χ1v) is 8.14. The summed E-state index contributed by atoms with van der Waals surface area (Å²) in [5.41, 5.74) is 1.94. The molecule has 2 nitrogen and oxygen atoms in total. The van der Waals surface area contributed by atoms with E-state index < -0.39 is 0 Å². The molecule has 1 atom stereocenters. The molecule has 0 amide bonds. The monoisotopic (exact) mass is 434 g/mol. The summed E-state index contributed by atoms with van der Waals surface area (Å²) in [6.07, 6.45) is 0. The van der Waals surface area contributed by atoms with Gasteiger partial charge in [-0.25, -0.2) is 9.37 Å². The van der Waals surface area contributed by atoms with E-state index in [4.69, 9.17) is 23.2 Å². The van der Waals surface area contributed by atoms with Crippen LogP contribution in [0.15, 0.2) is 36.4 Å². The molecule has 1 aromatic heterocycles. The predicted molar refractivity (Wildman–Crippen MR) is 93.0 cm³/mol. The van der Waals surface area contributed by atoms with Crippen molar-refractivity contribution in [1.29, 1.82) is 0 Å². The molecule has 6 heteroatoms. The van der Waals surface area contributed by atoms with Crippen LogP contribution >= 0.6 is 45.8 Å². The number of hydrogen-bond donors (Lipinski definition) is 0. The van der Waals surface area contributed by atoms with Gasteiger partial charge < -0.3 is 0 Å². The van der Waals surface area contributed by atoms with Crippen molar-refractivity contribution in [3.8, 4) is 5.69 Å². The third-order valence-corrected chi connectivity index (χ3v) is 4.25. The number of imidazole rings is 1. The van der Waals surface area contributed by atoms with Gasteiger partial charge in [0.25, 0.3) is 0 Å². The van der Waals surface area contributed by atoms with Crippen LogP contribution in [0.1, 0.15) is 18.1 Å². The van der Waals surface area contributed by atoms with E-state index in [0.29, 0.717) is 16.5 Å². The van der Waals surface area contributed by atoms with Crippen LogP contribution in [0.5, 0.6) is 0 Å². The summed E-state index contributed by atoms with van der Waals surface area (Å²) in [7, 11) is 0. The lowest BCUT2D eigenvalue weighted by Gasteiger charge is -2.12. The van der Waals surface area contributed by atoms with Crippen LogP contribution in [0.4, 0.5) is 4.39 Å². The first-order valence-electron chi connectivity index (χ1n) is 6.25. The van der Waals surface area contributed by atoms with E-state index in [0.717, 1.165) is 14.6 Å². The average Bonchev–Trinajstić information content (AvgIpc) is 2.80. The van der Waals surface area contributed by atoms with Crippen LogP contribution in [0.2, 0.25) is 5.02 Å². The van der Waals surface area contributed by atoms with Crippen molar-refractivity contribution in [2.45, 2.75) is 12.3 Å². The third-order valence-electron chi connectivity index (χ3n) is 3.15. The van der Waals surface area contributed by atoms with E-state index in [2.05, 4.69) is 27.6 Å². The molecule has 0 bridgehead atoms. The molecule has 21 heavy (non-hydrogen) atoms. The zero-order valence-electron chi connectivity index (χ0n) is 10.9. The second-order valence-electron chi connectivity index (χ2n) is 4.65. The molecule has 0 saturated heterocycles. The minimum atomic E-state index is -0.365. The smallest absolute Gasteiger partial charge is 0.147 e. The van der Waals surface area contributed by atoms with E-state index in [-0.39, 0.29) is 11.2 Å². The van der Waals surface area contributed by atoms with Gasteiger partial charge in [0.15, 0.2) is 0 Å². The summed E-state index contributed by atoms with van der Waals surface area (Å²) >= 11 is 14.4. The van der Waals surface area contributed by atoms with Gasteiger partial charge in [-0.1, -0.05) is 11.6 Å². The lowest BCUT2D eigenvalue weighted by molar-refractivity contribution is 0.616. The number of benzene rings is 2. The molecular formula is C15H10Cl2FIN2. The maximum atomic E-state index is 14.2. The van der Waals surface area contributed by atoms with Gasteiger partial charge in [-0.2, -0.15) is 0 Å². The van der Waals surface area contributed by atoms with Crippen molar-refractivity contribution in [1.82, 2.24) is 9.55 Å². The molecular weight excluding hydrogens is 425 g/mol. The van der Waals surface area contributed by atoms with Crippen molar-refractivity contribution in [2.24, 2.45) is 0 Å². The quantitative estimate of drug-likeness (QED) is 0.372. The highest BCUT2D eigenvalue weighted by atomic mass is 127. The highest BCUT2D eigenvalue weighted by molar-refractivity contribution is 14.1. The Labute approximate surface area is 145 Å². The standard InChI is InChI=1S/C15H10Cl2FIN2/c1-8(16)15-20-12-7-10(19)3-5-13(12)21(15)14-6-9(17)2-4-11(14)18/h2-8H,1H3. The van der Waals surface area contributed by atoms with Crippen molar-refractivity contribution in [3.05, 3.63) is 56.6 Å². The summed E-state index contributed by atoms with van der Waals surface area (Å²) in [6, 6.07) is 10.3. The molecule has 3 aromatic rings. The molecule has 0 aliphatic carbocycles. The van der Waals surface area contributed by atoms with Gasteiger partial charge in [0.1, 0.15) is 11.6 Å². The van der Waals surface area contributed by atoms with Gasteiger partial charge >= 0.3 is 0 Å². The summed E-state index contributed by atoms with van der Waals surface area (Å²) in [4.78, 5) is 4.54. The van der Waals surface area contributed by atoms with Crippen LogP contribution in [0.25, 0.3) is 16.7 Å². The van der Waals surface area contributed by atoms with Crippen molar-refractivity contribution in [3.63, 3.8) is 0 Å². The zero-order chi connectivity index (χ0) is 15.1. The molecule has 0 fully saturated rings. The SMILES string of the molecule is CC(Cl)c1nc2cc(I)ccc2n1-c1cc(Cl)ccc1F. The van der Waals surface area contributed by atoms with E-state index in [1.807, 2.05) is 25.1 Å². The Morgan fingerprint density at radius 1 is 1.24 bits per heavy atom. The fraction of sp³-hybridized carbons (Fsp3) is 0.133. The molecule has 3 rings (SSSR count). The van der Waals surface area contributed by atoms with Crippen LogP contribution in [0.3, 0.4) is 0 Å². The summed E-state index contributed by atoms with van der Waals surface area (Å²) in [5, 5.41) is 0.111. The first kappa shape index (κ1) is 15.1. The molecule has 0 saturated carbocycles. The van der Waals surface area contributed by atoms with Crippen LogP contribution in [-0.4, -0.2) is 9.55 Å². The normalized spacial score (nSPS) is 12.8. The molecule has 0 N–H and O–H groups in total. The molecule has 0 spiro atoms. The highest BCUT2D eigenvalue weighted by Crippen LogP contribution is 2.31. The minimum Gasteiger partial charge on any atom is -0.292 e. The Bertz CT molecular complexity index is 830. The fourth-order valence-corrected chi connectivity index (χ4v) is 3.04. The fourth-order valence-electron chi connectivity index (χ4n) is 2.25. The summed E-state index contributed by atoms with van der Waals surface area (Å²) in [6.45, 7) is 1.81. The van der Waals surface area contributed by atoms with Gasteiger partial charge in [-0.05, 0) is 65.9 Å². The number of hydrogen-bond acceptors (Lipinski definition) is 1. The lowest BCUT2D eigenvalue weighted by atomic mass is 10.2. The number of alkyl halides is 1. The highest BCUT2D eigenvalue weighted by Gasteiger charge is 2.19. The molecule has 108 valence electrons. The molecule has 0 aliphatic heterocycles.